The zero-order chi connectivity index (χ0) is 19.0. The predicted octanol–water partition coefficient (Wildman–Crippen LogP) is 1.47. The van der Waals surface area contributed by atoms with Crippen molar-refractivity contribution >= 4 is 11.8 Å². The highest BCUT2D eigenvalue weighted by Crippen LogP contribution is 2.30. The number of amides is 2. The molecule has 1 fully saturated rings. The van der Waals surface area contributed by atoms with Crippen molar-refractivity contribution in [2.75, 3.05) is 27.2 Å². The Labute approximate surface area is 154 Å². The number of quaternary nitrogens is 1. The Morgan fingerprint density at radius 2 is 1.76 bits per heavy atom. The molecule has 2 amide bonds. The van der Waals surface area contributed by atoms with Gasteiger partial charge in [0.2, 0.25) is 11.8 Å². The van der Waals surface area contributed by atoms with Gasteiger partial charge in [-0.25, -0.2) is 0 Å². The maximum absolute atomic E-state index is 12.4. The normalized spacial score (nSPS) is 18.8. The molecule has 0 aromatic rings. The van der Waals surface area contributed by atoms with Crippen LogP contribution in [0.5, 0.6) is 0 Å². The van der Waals surface area contributed by atoms with Gasteiger partial charge in [0.05, 0.1) is 20.6 Å². The molecule has 0 radical (unpaired) electrons. The van der Waals surface area contributed by atoms with Crippen molar-refractivity contribution in [3.05, 3.63) is 0 Å². The number of hydrogen-bond donors (Lipinski definition) is 2. The van der Waals surface area contributed by atoms with Gasteiger partial charge in [0.15, 0.2) is 0 Å². The molecule has 5 nitrogen and oxygen atoms in total. The van der Waals surface area contributed by atoms with Gasteiger partial charge in [0.1, 0.15) is 0 Å². The van der Waals surface area contributed by atoms with Crippen molar-refractivity contribution < 1.29 is 14.5 Å². The number of hydrogen-bond acceptors (Lipinski definition) is 2. The summed E-state index contributed by atoms with van der Waals surface area (Å²) in [6.45, 7) is 8.49. The third-order valence-corrected chi connectivity index (χ3v) is 5.96. The van der Waals surface area contributed by atoms with Crippen LogP contribution in [0.2, 0.25) is 0 Å². The monoisotopic (exact) mass is 354 g/mol. The first-order chi connectivity index (χ1) is 11.8. The van der Waals surface area contributed by atoms with Crippen molar-refractivity contribution in [1.82, 2.24) is 4.90 Å². The minimum Gasteiger partial charge on any atom is -0.369 e. The summed E-state index contributed by atoms with van der Waals surface area (Å²) in [6, 6.07) is 0.150. The molecule has 0 spiro atoms. The van der Waals surface area contributed by atoms with Gasteiger partial charge in [0.25, 0.3) is 0 Å². The Morgan fingerprint density at radius 3 is 2.16 bits per heavy atom. The van der Waals surface area contributed by atoms with E-state index < -0.39 is 0 Å². The molecule has 3 atom stereocenters. The molecule has 0 saturated carbocycles. The third kappa shape index (κ3) is 6.61. The van der Waals surface area contributed by atoms with Crippen LogP contribution in [0.15, 0.2) is 0 Å². The predicted molar refractivity (Wildman–Crippen MR) is 102 cm³/mol. The molecule has 0 aromatic carbocycles. The fourth-order valence-electron chi connectivity index (χ4n) is 4.49. The molecule has 0 aliphatic carbocycles. The number of rotatable bonds is 12. The van der Waals surface area contributed by atoms with E-state index in [4.69, 9.17) is 5.73 Å². The minimum atomic E-state index is -0.225. The summed E-state index contributed by atoms with van der Waals surface area (Å²) in [4.78, 5) is 27.7. The molecule has 1 aliphatic rings. The van der Waals surface area contributed by atoms with Gasteiger partial charge in [-0.3, -0.25) is 9.59 Å². The zero-order valence-corrected chi connectivity index (χ0v) is 17.0. The second kappa shape index (κ2) is 10.8. The summed E-state index contributed by atoms with van der Waals surface area (Å²) in [7, 11) is 4.40. The van der Waals surface area contributed by atoms with E-state index in [1.165, 1.54) is 17.7 Å². The highest BCUT2D eigenvalue weighted by Gasteiger charge is 2.34. The van der Waals surface area contributed by atoms with Crippen LogP contribution in [0, 0.1) is 17.8 Å². The van der Waals surface area contributed by atoms with Gasteiger partial charge in [0, 0.05) is 30.8 Å². The number of nitrogens with zero attached hydrogens (tertiary/aromatic N) is 1. The lowest BCUT2D eigenvalue weighted by atomic mass is 9.80. The number of primary amides is 1. The van der Waals surface area contributed by atoms with E-state index in [1.54, 1.807) is 0 Å². The van der Waals surface area contributed by atoms with Gasteiger partial charge in [-0.15, -0.1) is 0 Å². The van der Waals surface area contributed by atoms with Crippen molar-refractivity contribution in [1.29, 1.82) is 0 Å². The highest BCUT2D eigenvalue weighted by molar-refractivity contribution is 5.79. The fraction of sp³-hybridized carbons (Fsp3) is 0.900. The van der Waals surface area contributed by atoms with Crippen LogP contribution in [0.25, 0.3) is 0 Å². The van der Waals surface area contributed by atoms with E-state index in [-0.39, 0.29) is 23.8 Å². The minimum absolute atomic E-state index is 0.132. The van der Waals surface area contributed by atoms with Crippen LogP contribution in [-0.4, -0.2) is 49.9 Å². The van der Waals surface area contributed by atoms with Crippen molar-refractivity contribution in [2.24, 2.45) is 23.5 Å². The summed E-state index contributed by atoms with van der Waals surface area (Å²) in [6.07, 6.45) is 6.40. The van der Waals surface area contributed by atoms with E-state index in [2.05, 4.69) is 27.9 Å². The van der Waals surface area contributed by atoms with Crippen molar-refractivity contribution in [3.8, 4) is 0 Å². The van der Waals surface area contributed by atoms with Gasteiger partial charge in [-0.2, -0.15) is 0 Å². The first kappa shape index (κ1) is 21.9. The van der Waals surface area contributed by atoms with Gasteiger partial charge in [-0.1, -0.05) is 33.6 Å². The molecule has 1 saturated heterocycles. The lowest BCUT2D eigenvalue weighted by molar-refractivity contribution is -0.862. The standard InChI is InChI=1S/C20H39N3O2/c1-6-15(7-2)17(14-22(4)5)13-18(12-16(8-3)20(21)25)23-11-9-10-19(23)24/h15-18H,6-14H2,1-5H3,(H2,21,25)/p+1. The van der Waals surface area contributed by atoms with Gasteiger partial charge < -0.3 is 15.5 Å². The van der Waals surface area contributed by atoms with Gasteiger partial charge in [-0.05, 0) is 31.6 Å². The van der Waals surface area contributed by atoms with E-state index in [1.807, 2.05) is 11.8 Å². The molecule has 0 bridgehead atoms. The molecule has 5 heteroatoms. The summed E-state index contributed by atoms with van der Waals surface area (Å²) < 4.78 is 0. The summed E-state index contributed by atoms with van der Waals surface area (Å²) >= 11 is 0. The van der Waals surface area contributed by atoms with E-state index in [0.29, 0.717) is 18.3 Å². The first-order valence-electron chi connectivity index (χ1n) is 10.2. The third-order valence-electron chi connectivity index (χ3n) is 5.96. The van der Waals surface area contributed by atoms with Crippen LogP contribution in [0.1, 0.15) is 65.7 Å². The lowest BCUT2D eigenvalue weighted by Gasteiger charge is -2.35. The smallest absolute Gasteiger partial charge is 0.222 e. The Morgan fingerprint density at radius 1 is 1.12 bits per heavy atom. The second-order valence-electron chi connectivity index (χ2n) is 8.07. The molecule has 146 valence electrons. The maximum atomic E-state index is 12.4. The van der Waals surface area contributed by atoms with Crippen LogP contribution in [0.3, 0.4) is 0 Å². The number of carbonyl (C=O) groups is 2. The molecule has 1 heterocycles. The Balaban J connectivity index is 2.98. The maximum Gasteiger partial charge on any atom is 0.222 e. The summed E-state index contributed by atoms with van der Waals surface area (Å²) in [5.41, 5.74) is 5.61. The van der Waals surface area contributed by atoms with Crippen LogP contribution < -0.4 is 10.6 Å². The average molecular weight is 355 g/mol. The molecule has 0 aromatic heterocycles. The van der Waals surface area contributed by atoms with E-state index in [0.717, 1.165) is 38.8 Å². The Kier molecular flexibility index (Phi) is 9.47. The van der Waals surface area contributed by atoms with E-state index >= 15 is 0 Å². The Bertz CT molecular complexity index is 421. The van der Waals surface area contributed by atoms with Gasteiger partial charge >= 0.3 is 0 Å². The summed E-state index contributed by atoms with van der Waals surface area (Å²) in [5.74, 6) is 1.14. The average Bonchev–Trinajstić information content (AvgIpc) is 2.97. The quantitative estimate of drug-likeness (QED) is 0.557. The number of likely N-dealkylation sites (tertiary alicyclic amines) is 1. The van der Waals surface area contributed by atoms with Crippen LogP contribution in [-0.2, 0) is 9.59 Å². The first-order valence-corrected chi connectivity index (χ1v) is 10.2. The van der Waals surface area contributed by atoms with Crippen molar-refractivity contribution in [2.45, 2.75) is 71.8 Å². The highest BCUT2D eigenvalue weighted by atomic mass is 16.2. The fourth-order valence-corrected chi connectivity index (χ4v) is 4.49. The largest absolute Gasteiger partial charge is 0.369 e. The molecular weight excluding hydrogens is 314 g/mol. The number of carbonyl (C=O) groups excluding carboxylic acids is 2. The van der Waals surface area contributed by atoms with E-state index in [9.17, 15) is 9.59 Å². The van der Waals surface area contributed by atoms with Crippen molar-refractivity contribution in [3.63, 3.8) is 0 Å². The topological polar surface area (TPSA) is 67.8 Å². The molecule has 3 N–H and O–H groups in total. The second-order valence-corrected chi connectivity index (χ2v) is 8.07. The molecule has 1 aliphatic heterocycles. The lowest BCUT2D eigenvalue weighted by Crippen LogP contribution is -3.06. The Hall–Kier alpha value is -1.10. The molecule has 1 rings (SSSR count). The SMILES string of the molecule is CCC(CC(CC(C[NH+](C)C)C(CC)CC)N1CCCC1=O)C(N)=O. The molecular formula is C20H40N3O2+. The zero-order valence-electron chi connectivity index (χ0n) is 17.0. The number of nitrogens with one attached hydrogen (secondary N) is 1. The molecule has 3 unspecified atom stereocenters. The summed E-state index contributed by atoms with van der Waals surface area (Å²) in [5, 5.41) is 0. The number of nitrogens with two attached hydrogens (primary N) is 1. The molecule has 25 heavy (non-hydrogen) atoms. The van der Waals surface area contributed by atoms with Crippen LogP contribution >= 0.6 is 0 Å². The van der Waals surface area contributed by atoms with Crippen LogP contribution in [0.4, 0.5) is 0 Å².